The third kappa shape index (κ3) is 3.89. The Bertz CT molecular complexity index is 1170. The number of rotatable bonds is 4. The zero-order valence-electron chi connectivity index (χ0n) is 14.3. The first-order valence-electron chi connectivity index (χ1n) is 8.38. The van der Waals surface area contributed by atoms with E-state index < -0.39 is 0 Å². The quantitative estimate of drug-likeness (QED) is 0.555. The molecule has 0 bridgehead atoms. The molecule has 1 aromatic heterocycles. The first-order valence-corrected chi connectivity index (χ1v) is 9.11. The largest absolute Gasteiger partial charge is 0.480 e. The van der Waals surface area contributed by atoms with Gasteiger partial charge in [-0.2, -0.15) is 8.75 Å². The van der Waals surface area contributed by atoms with E-state index in [1.165, 1.54) is 0 Å². The van der Waals surface area contributed by atoms with Crippen molar-refractivity contribution in [2.45, 2.75) is 0 Å². The van der Waals surface area contributed by atoms with Gasteiger partial charge >= 0.3 is 0 Å². The Labute approximate surface area is 160 Å². The molecule has 0 saturated heterocycles. The van der Waals surface area contributed by atoms with Crippen molar-refractivity contribution in [2.24, 2.45) is 0 Å². The van der Waals surface area contributed by atoms with E-state index in [9.17, 15) is 4.79 Å². The predicted molar refractivity (Wildman–Crippen MR) is 107 cm³/mol. The Morgan fingerprint density at radius 3 is 2.81 bits per heavy atom. The van der Waals surface area contributed by atoms with Crippen LogP contribution in [0.25, 0.3) is 21.8 Å². The van der Waals surface area contributed by atoms with Crippen molar-refractivity contribution in [3.05, 3.63) is 66.2 Å². The summed E-state index contributed by atoms with van der Waals surface area (Å²) in [6, 6.07) is 19.2. The molecule has 0 atom stereocenters. The fraction of sp³-hybridized carbons (Fsp3) is 0.0952. The highest BCUT2D eigenvalue weighted by molar-refractivity contribution is 7.00. The van der Waals surface area contributed by atoms with Crippen LogP contribution in [-0.2, 0) is 0 Å². The van der Waals surface area contributed by atoms with Gasteiger partial charge in [0.05, 0.1) is 18.3 Å². The monoisotopic (exact) mass is 373 g/mol. The number of fused-ring (bicyclic) bond motifs is 2. The minimum absolute atomic E-state index is 0.186. The molecule has 1 amide bonds. The van der Waals surface area contributed by atoms with Crippen LogP contribution in [0.1, 0.15) is 10.4 Å². The SMILES string of the molecule is O=C(NCC#CCOc1cccc2ccccc12)c1ccc2nsnc2c1. The molecular weight excluding hydrogens is 358 g/mol. The van der Waals surface area contributed by atoms with E-state index in [4.69, 9.17) is 4.74 Å². The van der Waals surface area contributed by atoms with Crippen LogP contribution in [0.15, 0.2) is 60.7 Å². The van der Waals surface area contributed by atoms with E-state index in [-0.39, 0.29) is 19.1 Å². The van der Waals surface area contributed by atoms with E-state index in [1.807, 2.05) is 42.5 Å². The van der Waals surface area contributed by atoms with Crippen molar-refractivity contribution < 1.29 is 9.53 Å². The molecule has 5 nitrogen and oxygen atoms in total. The third-order valence-corrected chi connectivity index (χ3v) is 4.58. The maximum atomic E-state index is 12.2. The minimum Gasteiger partial charge on any atom is -0.480 e. The number of benzene rings is 3. The van der Waals surface area contributed by atoms with Crippen LogP contribution in [0.4, 0.5) is 0 Å². The van der Waals surface area contributed by atoms with Crippen molar-refractivity contribution in [1.82, 2.24) is 14.1 Å². The van der Waals surface area contributed by atoms with Crippen LogP contribution < -0.4 is 10.1 Å². The van der Waals surface area contributed by atoms with Gasteiger partial charge in [0.1, 0.15) is 23.4 Å². The number of ether oxygens (including phenoxy) is 1. The molecule has 1 heterocycles. The lowest BCUT2D eigenvalue weighted by molar-refractivity contribution is 0.0959. The molecule has 0 aliphatic carbocycles. The van der Waals surface area contributed by atoms with Crippen LogP contribution in [-0.4, -0.2) is 27.8 Å². The molecule has 4 aromatic rings. The topological polar surface area (TPSA) is 64.1 Å². The first-order chi connectivity index (χ1) is 13.3. The lowest BCUT2D eigenvalue weighted by Gasteiger charge is -2.06. The van der Waals surface area contributed by atoms with Gasteiger partial charge in [-0.05, 0) is 29.7 Å². The van der Waals surface area contributed by atoms with E-state index >= 15 is 0 Å². The molecule has 1 N–H and O–H groups in total. The lowest BCUT2D eigenvalue weighted by Crippen LogP contribution is -2.23. The smallest absolute Gasteiger partial charge is 0.252 e. The van der Waals surface area contributed by atoms with Gasteiger partial charge in [-0.1, -0.05) is 48.2 Å². The van der Waals surface area contributed by atoms with Gasteiger partial charge < -0.3 is 10.1 Å². The van der Waals surface area contributed by atoms with E-state index in [2.05, 4.69) is 25.9 Å². The standard InChI is InChI=1S/C21H15N3O2S/c25-21(16-10-11-18-19(14-16)24-27-23-18)22-12-3-4-13-26-20-9-5-7-15-6-1-2-8-17(15)20/h1-2,5-11,14H,12-13H2,(H,22,25). The number of carbonyl (C=O) groups excluding carboxylic acids is 1. The van der Waals surface area contributed by atoms with Gasteiger partial charge in [0.2, 0.25) is 0 Å². The molecule has 0 fully saturated rings. The van der Waals surface area contributed by atoms with Crippen molar-refractivity contribution in [3.8, 4) is 17.6 Å². The first kappa shape index (κ1) is 17.0. The summed E-state index contributed by atoms with van der Waals surface area (Å²) in [6.07, 6.45) is 0. The Morgan fingerprint density at radius 2 is 1.85 bits per heavy atom. The molecular formula is C21H15N3O2S. The predicted octanol–water partition coefficient (Wildman–Crippen LogP) is 3.66. The molecule has 3 aromatic carbocycles. The van der Waals surface area contributed by atoms with Crippen LogP contribution in [0.5, 0.6) is 5.75 Å². The average Bonchev–Trinajstić information content (AvgIpc) is 3.18. The van der Waals surface area contributed by atoms with Crippen LogP contribution in [0, 0.1) is 11.8 Å². The Balaban J connectivity index is 1.31. The number of amides is 1. The number of hydrogen-bond acceptors (Lipinski definition) is 5. The number of hydrogen-bond donors (Lipinski definition) is 1. The summed E-state index contributed by atoms with van der Waals surface area (Å²) >= 11 is 1.13. The molecule has 4 rings (SSSR count). The van der Waals surface area contributed by atoms with E-state index in [1.54, 1.807) is 18.2 Å². The Kier molecular flexibility index (Phi) is 4.95. The number of nitrogens with zero attached hydrogens (tertiary/aromatic N) is 2. The van der Waals surface area contributed by atoms with Crippen LogP contribution in [0.3, 0.4) is 0 Å². The molecule has 0 saturated carbocycles. The maximum Gasteiger partial charge on any atom is 0.252 e. The average molecular weight is 373 g/mol. The second kappa shape index (κ2) is 7.85. The molecule has 0 aliphatic heterocycles. The molecule has 0 unspecified atom stereocenters. The molecule has 0 radical (unpaired) electrons. The zero-order valence-corrected chi connectivity index (χ0v) is 15.1. The van der Waals surface area contributed by atoms with Gasteiger partial charge in [-0.15, -0.1) is 0 Å². The van der Waals surface area contributed by atoms with Crippen LogP contribution in [0.2, 0.25) is 0 Å². The highest BCUT2D eigenvalue weighted by atomic mass is 32.1. The molecule has 6 heteroatoms. The highest BCUT2D eigenvalue weighted by Gasteiger charge is 2.07. The van der Waals surface area contributed by atoms with Gasteiger partial charge in [-0.3, -0.25) is 4.79 Å². The Hall–Kier alpha value is -3.43. The van der Waals surface area contributed by atoms with Crippen molar-refractivity contribution in [3.63, 3.8) is 0 Å². The summed E-state index contributed by atoms with van der Waals surface area (Å²) in [6.45, 7) is 0.519. The maximum absolute atomic E-state index is 12.2. The fourth-order valence-corrected chi connectivity index (χ4v) is 3.22. The fourth-order valence-electron chi connectivity index (χ4n) is 2.70. The van der Waals surface area contributed by atoms with Gasteiger partial charge in [0.25, 0.3) is 5.91 Å². The van der Waals surface area contributed by atoms with Crippen molar-refractivity contribution in [1.29, 1.82) is 0 Å². The third-order valence-electron chi connectivity index (χ3n) is 4.03. The summed E-state index contributed by atoms with van der Waals surface area (Å²) in [5.41, 5.74) is 2.06. The summed E-state index contributed by atoms with van der Waals surface area (Å²) in [5, 5.41) is 4.96. The second-order valence-corrected chi connectivity index (χ2v) is 6.30. The summed E-state index contributed by atoms with van der Waals surface area (Å²) in [5.74, 6) is 6.44. The summed E-state index contributed by atoms with van der Waals surface area (Å²) < 4.78 is 14.0. The number of carbonyl (C=O) groups is 1. The van der Waals surface area contributed by atoms with Crippen molar-refractivity contribution >= 4 is 39.4 Å². The van der Waals surface area contributed by atoms with Crippen LogP contribution >= 0.6 is 11.7 Å². The number of nitrogens with one attached hydrogen (secondary N) is 1. The molecule has 0 spiro atoms. The van der Waals surface area contributed by atoms with Gasteiger partial charge in [-0.25, -0.2) is 0 Å². The number of aromatic nitrogens is 2. The van der Waals surface area contributed by atoms with Gasteiger partial charge in [0, 0.05) is 10.9 Å². The molecule has 27 heavy (non-hydrogen) atoms. The summed E-state index contributed by atoms with van der Waals surface area (Å²) in [4.78, 5) is 12.2. The van der Waals surface area contributed by atoms with E-state index in [0.717, 1.165) is 39.3 Å². The molecule has 0 aliphatic rings. The Morgan fingerprint density at radius 1 is 1.00 bits per heavy atom. The second-order valence-electron chi connectivity index (χ2n) is 5.77. The highest BCUT2D eigenvalue weighted by Crippen LogP contribution is 2.24. The van der Waals surface area contributed by atoms with Crippen molar-refractivity contribution in [2.75, 3.05) is 13.2 Å². The minimum atomic E-state index is -0.186. The molecule has 132 valence electrons. The van der Waals surface area contributed by atoms with E-state index in [0.29, 0.717) is 5.56 Å². The lowest BCUT2D eigenvalue weighted by atomic mass is 10.1. The summed E-state index contributed by atoms with van der Waals surface area (Å²) in [7, 11) is 0. The normalized spacial score (nSPS) is 10.4. The van der Waals surface area contributed by atoms with Gasteiger partial charge in [0.15, 0.2) is 0 Å². The zero-order chi connectivity index (χ0) is 18.5.